The first-order valence-electron chi connectivity index (χ1n) is 12.5. The van der Waals surface area contributed by atoms with Gasteiger partial charge >= 0.3 is 0 Å². The lowest BCUT2D eigenvalue weighted by Crippen LogP contribution is -2.48. The number of benzene rings is 2. The Hall–Kier alpha value is -3.19. The fourth-order valence-electron chi connectivity index (χ4n) is 4.58. The van der Waals surface area contributed by atoms with Gasteiger partial charge in [0.05, 0.1) is 6.04 Å². The van der Waals surface area contributed by atoms with Crippen LogP contribution in [0.2, 0.25) is 0 Å². The van der Waals surface area contributed by atoms with Crippen molar-refractivity contribution in [1.29, 1.82) is 0 Å². The van der Waals surface area contributed by atoms with Gasteiger partial charge in [-0.2, -0.15) is 0 Å². The van der Waals surface area contributed by atoms with E-state index in [1.807, 2.05) is 24.0 Å². The highest BCUT2D eigenvalue weighted by molar-refractivity contribution is 7.10. The molecule has 3 aromatic rings. The van der Waals surface area contributed by atoms with Crippen molar-refractivity contribution in [2.24, 2.45) is 0 Å². The Kier molecular flexibility index (Phi) is 8.41. The second-order valence-corrected chi connectivity index (χ2v) is 10.4. The maximum Gasteiger partial charge on any atom is 0.254 e. The topological polar surface area (TPSA) is 49.9 Å². The monoisotopic (exact) mass is 508 g/mol. The molecular formula is C29H33FN2O3S. The lowest BCUT2D eigenvalue weighted by molar-refractivity contribution is -0.135. The van der Waals surface area contributed by atoms with Crippen LogP contribution in [0.1, 0.15) is 65.5 Å². The average Bonchev–Trinajstić information content (AvgIpc) is 3.36. The van der Waals surface area contributed by atoms with E-state index >= 15 is 0 Å². The van der Waals surface area contributed by atoms with Crippen molar-refractivity contribution in [3.05, 3.63) is 87.4 Å². The van der Waals surface area contributed by atoms with Gasteiger partial charge in [0.2, 0.25) is 5.91 Å². The van der Waals surface area contributed by atoms with Crippen LogP contribution in [0.25, 0.3) is 0 Å². The predicted molar refractivity (Wildman–Crippen MR) is 141 cm³/mol. The summed E-state index contributed by atoms with van der Waals surface area (Å²) in [5.74, 6) is 0.274. The predicted octanol–water partition coefficient (Wildman–Crippen LogP) is 6.07. The Morgan fingerprint density at radius 1 is 1.17 bits per heavy atom. The smallest absolute Gasteiger partial charge is 0.254 e. The van der Waals surface area contributed by atoms with Crippen molar-refractivity contribution in [2.75, 3.05) is 26.2 Å². The Morgan fingerprint density at radius 2 is 1.94 bits per heavy atom. The molecule has 36 heavy (non-hydrogen) atoms. The first-order valence-corrected chi connectivity index (χ1v) is 13.4. The Balaban J connectivity index is 1.50. The van der Waals surface area contributed by atoms with Crippen molar-refractivity contribution in [3.8, 4) is 5.75 Å². The van der Waals surface area contributed by atoms with Crippen molar-refractivity contribution in [2.45, 2.75) is 45.6 Å². The molecule has 190 valence electrons. The molecule has 5 nitrogen and oxygen atoms in total. The summed E-state index contributed by atoms with van der Waals surface area (Å²) in [5, 5.41) is 2.06. The van der Waals surface area contributed by atoms with Gasteiger partial charge < -0.3 is 14.5 Å². The maximum atomic E-state index is 13.7. The number of carbonyl (C=O) groups excluding carboxylic acids is 2. The molecule has 1 atom stereocenters. The Bertz CT molecular complexity index is 1190. The molecule has 1 aliphatic rings. The average molecular weight is 509 g/mol. The molecule has 0 bridgehead atoms. The van der Waals surface area contributed by atoms with E-state index in [0.717, 1.165) is 17.7 Å². The summed E-state index contributed by atoms with van der Waals surface area (Å²) in [5.41, 5.74) is 2.60. The maximum absolute atomic E-state index is 13.7. The van der Waals surface area contributed by atoms with Crippen LogP contribution >= 0.6 is 11.3 Å². The van der Waals surface area contributed by atoms with Crippen LogP contribution in [-0.2, 0) is 11.2 Å². The third-order valence-corrected chi connectivity index (χ3v) is 7.54. The molecule has 2 amide bonds. The van der Waals surface area contributed by atoms with Gasteiger partial charge in [0.15, 0.2) is 0 Å². The van der Waals surface area contributed by atoms with Crippen LogP contribution < -0.4 is 4.74 Å². The largest absolute Gasteiger partial charge is 0.491 e. The summed E-state index contributed by atoms with van der Waals surface area (Å²) in [6.07, 6.45) is 1.48. The van der Waals surface area contributed by atoms with Gasteiger partial charge in [0.1, 0.15) is 24.7 Å². The summed E-state index contributed by atoms with van der Waals surface area (Å²) in [4.78, 5) is 31.3. The molecule has 1 aliphatic heterocycles. The van der Waals surface area contributed by atoms with Gasteiger partial charge in [0, 0.05) is 23.5 Å². The van der Waals surface area contributed by atoms with E-state index in [1.165, 1.54) is 33.5 Å². The van der Waals surface area contributed by atoms with Crippen molar-refractivity contribution in [3.63, 3.8) is 0 Å². The molecular weight excluding hydrogens is 475 g/mol. The Labute approximate surface area is 216 Å². The number of rotatable bonds is 9. The first kappa shape index (κ1) is 25.9. The summed E-state index contributed by atoms with van der Waals surface area (Å²) < 4.78 is 19.9. The summed E-state index contributed by atoms with van der Waals surface area (Å²) in [7, 11) is 0. The van der Waals surface area contributed by atoms with Crippen molar-refractivity contribution in [1.82, 2.24) is 9.80 Å². The van der Waals surface area contributed by atoms with Gasteiger partial charge in [-0.1, -0.05) is 39.0 Å². The highest BCUT2D eigenvalue weighted by Crippen LogP contribution is 2.34. The molecule has 0 saturated carbocycles. The number of thiophene rings is 1. The van der Waals surface area contributed by atoms with Crippen molar-refractivity contribution < 1.29 is 18.7 Å². The second kappa shape index (κ2) is 11.7. The molecule has 0 saturated heterocycles. The van der Waals surface area contributed by atoms with Crippen LogP contribution in [0.3, 0.4) is 0 Å². The SMILES string of the molecule is CCCN(CC(=O)N1CCc2sccc2[C@@H]1COc1ccc(C(C)C)cc1)C(=O)c1cccc(F)c1. The Morgan fingerprint density at radius 3 is 2.64 bits per heavy atom. The molecule has 0 aliphatic carbocycles. The van der Waals surface area contributed by atoms with Crippen LogP contribution in [0.15, 0.2) is 60.0 Å². The number of halogens is 1. The zero-order valence-electron chi connectivity index (χ0n) is 21.1. The third-order valence-electron chi connectivity index (χ3n) is 6.55. The molecule has 2 aromatic carbocycles. The van der Waals surface area contributed by atoms with Crippen molar-refractivity contribution >= 4 is 23.2 Å². The van der Waals surface area contributed by atoms with Gasteiger partial charge in [-0.15, -0.1) is 11.3 Å². The zero-order chi connectivity index (χ0) is 25.7. The molecule has 0 spiro atoms. The van der Waals surface area contributed by atoms with E-state index in [-0.39, 0.29) is 30.0 Å². The number of amides is 2. The van der Waals surface area contributed by atoms with Gasteiger partial charge in [0.25, 0.3) is 5.91 Å². The van der Waals surface area contributed by atoms with Gasteiger partial charge in [-0.05, 0) is 71.7 Å². The number of nitrogens with zero attached hydrogens (tertiary/aromatic N) is 2. The molecule has 0 fully saturated rings. The quantitative estimate of drug-likeness (QED) is 0.353. The molecule has 0 unspecified atom stereocenters. The second-order valence-electron chi connectivity index (χ2n) is 9.42. The van der Waals surface area contributed by atoms with E-state index in [9.17, 15) is 14.0 Å². The van der Waals surface area contributed by atoms with Crippen LogP contribution in [0.5, 0.6) is 5.75 Å². The van der Waals surface area contributed by atoms with E-state index in [0.29, 0.717) is 32.0 Å². The zero-order valence-corrected chi connectivity index (χ0v) is 21.9. The summed E-state index contributed by atoms with van der Waals surface area (Å²) in [6.45, 7) is 7.53. The molecule has 7 heteroatoms. The van der Waals surface area contributed by atoms with E-state index in [1.54, 1.807) is 17.4 Å². The molecule has 4 rings (SSSR count). The number of ether oxygens (including phenoxy) is 1. The normalized spacial score (nSPS) is 15.0. The third kappa shape index (κ3) is 5.95. The van der Waals surface area contributed by atoms with E-state index < -0.39 is 5.82 Å². The first-order chi connectivity index (χ1) is 17.4. The molecule has 2 heterocycles. The summed E-state index contributed by atoms with van der Waals surface area (Å²) in [6, 6.07) is 15.5. The van der Waals surface area contributed by atoms with E-state index in [2.05, 4.69) is 37.4 Å². The number of carbonyl (C=O) groups is 2. The minimum absolute atomic E-state index is 0.0533. The number of hydrogen-bond acceptors (Lipinski definition) is 4. The minimum Gasteiger partial charge on any atom is -0.491 e. The lowest BCUT2D eigenvalue weighted by atomic mass is 10.00. The lowest BCUT2D eigenvalue weighted by Gasteiger charge is -2.37. The van der Waals surface area contributed by atoms with Crippen LogP contribution in [0.4, 0.5) is 4.39 Å². The fourth-order valence-corrected chi connectivity index (χ4v) is 5.51. The fraction of sp³-hybridized carbons (Fsp3) is 0.379. The standard InChI is InChI=1S/C29H33FN2O3S/c1-4-14-31(29(34)22-6-5-7-23(30)17-22)18-28(33)32-15-12-27-25(13-16-36-27)26(32)19-35-24-10-8-21(9-11-24)20(2)3/h5-11,13,16-17,20,26H,4,12,14-15,18-19H2,1-3H3/t26-/m0/s1. The summed E-state index contributed by atoms with van der Waals surface area (Å²) >= 11 is 1.70. The number of hydrogen-bond donors (Lipinski definition) is 0. The highest BCUT2D eigenvalue weighted by atomic mass is 32.1. The van der Waals surface area contributed by atoms with Gasteiger partial charge in [-0.25, -0.2) is 4.39 Å². The minimum atomic E-state index is -0.469. The molecule has 1 aromatic heterocycles. The highest BCUT2D eigenvalue weighted by Gasteiger charge is 2.33. The van der Waals surface area contributed by atoms with Gasteiger partial charge in [-0.3, -0.25) is 9.59 Å². The van der Waals surface area contributed by atoms with E-state index in [4.69, 9.17) is 4.74 Å². The van der Waals surface area contributed by atoms with Crippen LogP contribution in [-0.4, -0.2) is 47.9 Å². The molecule has 0 radical (unpaired) electrons. The van der Waals surface area contributed by atoms with Crippen LogP contribution in [0, 0.1) is 5.82 Å². The molecule has 0 N–H and O–H groups in total. The number of fused-ring (bicyclic) bond motifs is 1.